The van der Waals surface area contributed by atoms with Gasteiger partial charge in [-0.05, 0) is 43.9 Å². The molecular formula is C20H23N5O. The predicted molar refractivity (Wildman–Crippen MR) is 99.4 cm³/mol. The van der Waals surface area contributed by atoms with Crippen LogP contribution in [0.3, 0.4) is 0 Å². The minimum atomic E-state index is 0.0118. The molecule has 0 unspecified atom stereocenters. The fourth-order valence-corrected chi connectivity index (χ4v) is 3.60. The zero-order valence-electron chi connectivity index (χ0n) is 15.1. The van der Waals surface area contributed by atoms with Crippen molar-refractivity contribution in [2.75, 3.05) is 6.54 Å². The average Bonchev–Trinajstić information content (AvgIpc) is 3.34. The highest BCUT2D eigenvalue weighted by Crippen LogP contribution is 2.31. The molecule has 1 aliphatic heterocycles. The largest absolute Gasteiger partial charge is 0.340 e. The summed E-state index contributed by atoms with van der Waals surface area (Å²) in [5.74, 6) is 0.952. The quantitative estimate of drug-likeness (QED) is 0.786. The fourth-order valence-electron chi connectivity index (χ4n) is 3.60. The Morgan fingerprint density at radius 2 is 2.15 bits per heavy atom. The first-order chi connectivity index (χ1) is 12.6. The van der Waals surface area contributed by atoms with E-state index in [-0.39, 0.29) is 18.5 Å². The monoisotopic (exact) mass is 349 g/mol. The highest BCUT2D eigenvalue weighted by atomic mass is 16.2. The molecule has 1 fully saturated rings. The molecule has 134 valence electrons. The van der Waals surface area contributed by atoms with E-state index in [1.54, 1.807) is 10.9 Å². The second-order valence-corrected chi connectivity index (χ2v) is 7.01. The van der Waals surface area contributed by atoms with Gasteiger partial charge in [-0.2, -0.15) is 5.10 Å². The van der Waals surface area contributed by atoms with Crippen LogP contribution in [0.25, 0.3) is 11.3 Å². The molecular weight excluding hydrogens is 326 g/mol. The van der Waals surface area contributed by atoms with Gasteiger partial charge in [-0.25, -0.2) is 4.98 Å². The molecule has 26 heavy (non-hydrogen) atoms. The molecule has 1 N–H and O–H groups in total. The summed E-state index contributed by atoms with van der Waals surface area (Å²) in [6, 6.07) is 8.34. The highest BCUT2D eigenvalue weighted by molar-refractivity contribution is 5.76. The number of carbonyl (C=O) groups excluding carboxylic acids is 1. The molecule has 0 saturated carbocycles. The molecule has 3 heterocycles. The van der Waals surface area contributed by atoms with Crippen molar-refractivity contribution in [3.05, 3.63) is 59.8 Å². The lowest BCUT2D eigenvalue weighted by molar-refractivity contribution is -0.133. The summed E-state index contributed by atoms with van der Waals surface area (Å²) in [6.07, 6.45) is 7.46. The normalized spacial score (nSPS) is 17.0. The summed E-state index contributed by atoms with van der Waals surface area (Å²) >= 11 is 0. The molecule has 3 aromatic rings. The minimum absolute atomic E-state index is 0.0118. The first-order valence-corrected chi connectivity index (χ1v) is 9.00. The van der Waals surface area contributed by atoms with Crippen LogP contribution in [0.15, 0.2) is 42.9 Å². The molecule has 2 aromatic heterocycles. The number of imidazole rings is 1. The molecule has 4 rings (SSSR count). The highest BCUT2D eigenvalue weighted by Gasteiger charge is 2.32. The summed E-state index contributed by atoms with van der Waals surface area (Å²) in [7, 11) is 0. The van der Waals surface area contributed by atoms with E-state index >= 15 is 0 Å². The Balaban J connectivity index is 1.52. The Kier molecular flexibility index (Phi) is 4.32. The number of benzene rings is 1. The van der Waals surface area contributed by atoms with Gasteiger partial charge in [-0.1, -0.05) is 23.8 Å². The zero-order valence-corrected chi connectivity index (χ0v) is 15.1. The lowest BCUT2D eigenvalue weighted by atomic mass is 10.1. The number of hydrogen-bond acceptors (Lipinski definition) is 3. The van der Waals surface area contributed by atoms with Crippen molar-refractivity contribution in [1.29, 1.82) is 0 Å². The van der Waals surface area contributed by atoms with Crippen LogP contribution in [-0.2, 0) is 11.3 Å². The molecule has 0 bridgehead atoms. The van der Waals surface area contributed by atoms with Gasteiger partial charge < -0.3 is 9.88 Å². The van der Waals surface area contributed by atoms with E-state index in [1.165, 1.54) is 5.56 Å². The number of nitrogens with zero attached hydrogens (tertiary/aromatic N) is 4. The van der Waals surface area contributed by atoms with Crippen LogP contribution in [0, 0.1) is 13.8 Å². The number of aromatic nitrogens is 4. The summed E-state index contributed by atoms with van der Waals surface area (Å²) in [4.78, 5) is 22.7. The van der Waals surface area contributed by atoms with Gasteiger partial charge in [-0.3, -0.25) is 9.48 Å². The first kappa shape index (κ1) is 16.6. The van der Waals surface area contributed by atoms with E-state index < -0.39 is 0 Å². The SMILES string of the molecule is Cc1cccc(-c2cnc([C@@H]3CCCN3C(=O)Cn3cc(C)cn3)[nH]2)c1. The summed E-state index contributed by atoms with van der Waals surface area (Å²) in [5, 5.41) is 4.22. The van der Waals surface area contributed by atoms with Gasteiger partial charge in [0.2, 0.25) is 5.91 Å². The molecule has 0 spiro atoms. The van der Waals surface area contributed by atoms with Crippen molar-refractivity contribution in [3.8, 4) is 11.3 Å². The van der Waals surface area contributed by atoms with E-state index in [1.807, 2.05) is 30.3 Å². The number of aryl methyl sites for hydroxylation is 2. The number of carbonyl (C=O) groups is 1. The number of H-pyrrole nitrogens is 1. The molecule has 0 aliphatic carbocycles. The van der Waals surface area contributed by atoms with Crippen molar-refractivity contribution < 1.29 is 4.79 Å². The molecule has 1 aliphatic rings. The topological polar surface area (TPSA) is 66.8 Å². The molecule has 0 radical (unpaired) electrons. The van der Waals surface area contributed by atoms with Gasteiger partial charge in [0.05, 0.1) is 24.1 Å². The smallest absolute Gasteiger partial charge is 0.244 e. The van der Waals surface area contributed by atoms with Crippen LogP contribution in [-0.4, -0.2) is 37.1 Å². The fraction of sp³-hybridized carbons (Fsp3) is 0.350. The van der Waals surface area contributed by atoms with Crippen molar-refractivity contribution in [1.82, 2.24) is 24.6 Å². The lowest BCUT2D eigenvalue weighted by Crippen LogP contribution is -2.34. The lowest BCUT2D eigenvalue weighted by Gasteiger charge is -2.23. The molecule has 1 aromatic carbocycles. The Bertz CT molecular complexity index is 926. The van der Waals surface area contributed by atoms with E-state index in [0.717, 1.165) is 42.0 Å². The number of amides is 1. The Labute approximate surface area is 152 Å². The number of likely N-dealkylation sites (tertiary alicyclic amines) is 1. The molecule has 6 nitrogen and oxygen atoms in total. The summed E-state index contributed by atoms with van der Waals surface area (Å²) in [5.41, 5.74) is 4.38. The van der Waals surface area contributed by atoms with Crippen molar-refractivity contribution in [2.24, 2.45) is 0 Å². The zero-order chi connectivity index (χ0) is 18.1. The Hall–Kier alpha value is -2.89. The maximum atomic E-state index is 12.8. The van der Waals surface area contributed by atoms with Gasteiger partial charge in [0.25, 0.3) is 0 Å². The number of nitrogens with one attached hydrogen (secondary N) is 1. The molecule has 6 heteroatoms. The summed E-state index contributed by atoms with van der Waals surface area (Å²) in [6.45, 7) is 5.09. The van der Waals surface area contributed by atoms with Crippen LogP contribution < -0.4 is 0 Å². The van der Waals surface area contributed by atoms with Crippen LogP contribution in [0.4, 0.5) is 0 Å². The summed E-state index contributed by atoms with van der Waals surface area (Å²) < 4.78 is 1.70. The van der Waals surface area contributed by atoms with Crippen LogP contribution in [0.2, 0.25) is 0 Å². The second-order valence-electron chi connectivity index (χ2n) is 7.01. The number of aromatic amines is 1. The van der Waals surface area contributed by atoms with Gasteiger partial charge in [0, 0.05) is 12.7 Å². The van der Waals surface area contributed by atoms with Crippen LogP contribution in [0.5, 0.6) is 0 Å². The van der Waals surface area contributed by atoms with E-state index in [2.05, 4.69) is 40.2 Å². The van der Waals surface area contributed by atoms with Gasteiger partial charge >= 0.3 is 0 Å². The van der Waals surface area contributed by atoms with Crippen molar-refractivity contribution in [2.45, 2.75) is 39.3 Å². The van der Waals surface area contributed by atoms with Crippen molar-refractivity contribution in [3.63, 3.8) is 0 Å². The maximum absolute atomic E-state index is 12.8. The Morgan fingerprint density at radius 1 is 1.27 bits per heavy atom. The van der Waals surface area contributed by atoms with Gasteiger partial charge in [0.15, 0.2) is 0 Å². The molecule has 1 amide bonds. The standard InChI is InChI=1S/C20H23N5O/c1-14-5-3-6-16(9-14)17-11-21-20(23-17)18-7-4-8-25(18)19(26)13-24-12-15(2)10-22-24/h3,5-6,9-12,18H,4,7-8,13H2,1-2H3,(H,21,23)/t18-/m0/s1. The van der Waals surface area contributed by atoms with Crippen LogP contribution >= 0.6 is 0 Å². The maximum Gasteiger partial charge on any atom is 0.244 e. The second kappa shape index (κ2) is 6.78. The molecule has 1 atom stereocenters. The average molecular weight is 349 g/mol. The van der Waals surface area contributed by atoms with Crippen molar-refractivity contribution >= 4 is 5.91 Å². The number of hydrogen-bond donors (Lipinski definition) is 1. The predicted octanol–water partition coefficient (Wildman–Crippen LogP) is 3.25. The van der Waals surface area contributed by atoms with Gasteiger partial charge in [-0.15, -0.1) is 0 Å². The third kappa shape index (κ3) is 3.27. The Morgan fingerprint density at radius 3 is 2.92 bits per heavy atom. The third-order valence-corrected chi connectivity index (χ3v) is 4.87. The van der Waals surface area contributed by atoms with E-state index in [9.17, 15) is 4.79 Å². The van der Waals surface area contributed by atoms with Crippen LogP contribution in [0.1, 0.15) is 35.8 Å². The van der Waals surface area contributed by atoms with E-state index in [4.69, 9.17) is 0 Å². The van der Waals surface area contributed by atoms with Gasteiger partial charge in [0.1, 0.15) is 12.4 Å². The minimum Gasteiger partial charge on any atom is -0.340 e. The first-order valence-electron chi connectivity index (χ1n) is 9.00. The third-order valence-electron chi connectivity index (χ3n) is 4.87. The number of rotatable bonds is 4. The van der Waals surface area contributed by atoms with E-state index in [0.29, 0.717) is 0 Å². The molecule has 1 saturated heterocycles.